The summed E-state index contributed by atoms with van der Waals surface area (Å²) in [6.45, 7) is 5.98. The standard InChI is InChI=1S/C11H19N3O/c1-8(2)14-10(7-11(12)13-14)9-3-5-15-6-4-9/h7-9H,3-6H2,1-2H3,(H2,12,13). The molecule has 0 aromatic carbocycles. The number of ether oxygens (including phenoxy) is 1. The molecule has 1 aromatic rings. The van der Waals surface area contributed by atoms with Gasteiger partial charge in [0.05, 0.1) is 0 Å². The second kappa shape index (κ2) is 4.23. The van der Waals surface area contributed by atoms with Crippen LogP contribution < -0.4 is 5.73 Å². The Kier molecular flexibility index (Phi) is 2.95. The Labute approximate surface area is 90.4 Å². The van der Waals surface area contributed by atoms with Gasteiger partial charge in [0.2, 0.25) is 0 Å². The number of nitrogens with two attached hydrogens (primary N) is 1. The van der Waals surface area contributed by atoms with Gasteiger partial charge in [0.25, 0.3) is 0 Å². The lowest BCUT2D eigenvalue weighted by Gasteiger charge is -2.23. The molecule has 1 fully saturated rings. The van der Waals surface area contributed by atoms with E-state index in [9.17, 15) is 0 Å². The topological polar surface area (TPSA) is 53.1 Å². The predicted molar refractivity (Wildman–Crippen MR) is 59.8 cm³/mol. The van der Waals surface area contributed by atoms with Gasteiger partial charge in [-0.3, -0.25) is 4.68 Å². The lowest BCUT2D eigenvalue weighted by molar-refractivity contribution is 0.0832. The first-order valence-corrected chi connectivity index (χ1v) is 5.61. The van der Waals surface area contributed by atoms with Gasteiger partial charge in [-0.25, -0.2) is 0 Å². The first-order valence-electron chi connectivity index (χ1n) is 5.61. The largest absolute Gasteiger partial charge is 0.382 e. The summed E-state index contributed by atoms with van der Waals surface area (Å²) in [7, 11) is 0. The molecule has 1 saturated heterocycles. The minimum absolute atomic E-state index is 0.375. The van der Waals surface area contributed by atoms with Crippen molar-refractivity contribution in [3.63, 3.8) is 0 Å². The fourth-order valence-corrected chi connectivity index (χ4v) is 2.14. The lowest BCUT2D eigenvalue weighted by atomic mass is 9.96. The normalized spacial score (nSPS) is 18.6. The van der Waals surface area contributed by atoms with Gasteiger partial charge in [-0.1, -0.05) is 0 Å². The van der Waals surface area contributed by atoms with Crippen LogP contribution in [0.15, 0.2) is 6.07 Å². The average molecular weight is 209 g/mol. The van der Waals surface area contributed by atoms with Crippen molar-refractivity contribution in [3.05, 3.63) is 11.8 Å². The zero-order valence-electron chi connectivity index (χ0n) is 9.44. The van der Waals surface area contributed by atoms with Crippen molar-refractivity contribution in [2.24, 2.45) is 0 Å². The molecule has 1 aliphatic rings. The molecule has 0 bridgehead atoms. The predicted octanol–water partition coefficient (Wildman–Crippen LogP) is 1.94. The summed E-state index contributed by atoms with van der Waals surface area (Å²) in [6, 6.07) is 2.39. The molecule has 0 radical (unpaired) electrons. The lowest BCUT2D eigenvalue weighted by Crippen LogP contribution is -2.18. The van der Waals surface area contributed by atoms with Gasteiger partial charge >= 0.3 is 0 Å². The third kappa shape index (κ3) is 2.15. The maximum absolute atomic E-state index is 5.76. The third-order valence-electron chi connectivity index (χ3n) is 2.91. The Morgan fingerprint density at radius 2 is 2.13 bits per heavy atom. The van der Waals surface area contributed by atoms with E-state index in [-0.39, 0.29) is 0 Å². The third-order valence-corrected chi connectivity index (χ3v) is 2.91. The van der Waals surface area contributed by atoms with Crippen LogP contribution in [0.5, 0.6) is 0 Å². The molecule has 84 valence electrons. The highest BCUT2D eigenvalue weighted by Crippen LogP contribution is 2.29. The molecule has 1 aromatic heterocycles. The summed E-state index contributed by atoms with van der Waals surface area (Å²) in [5, 5.41) is 4.34. The summed E-state index contributed by atoms with van der Waals surface area (Å²) in [6.07, 6.45) is 2.16. The van der Waals surface area contributed by atoms with Crippen molar-refractivity contribution in [1.82, 2.24) is 9.78 Å². The number of anilines is 1. The Hall–Kier alpha value is -1.03. The van der Waals surface area contributed by atoms with E-state index in [1.54, 1.807) is 0 Å². The van der Waals surface area contributed by atoms with Gasteiger partial charge < -0.3 is 10.5 Å². The molecule has 2 heterocycles. The van der Waals surface area contributed by atoms with Crippen molar-refractivity contribution in [3.8, 4) is 0 Å². The average Bonchev–Trinajstić information content (AvgIpc) is 2.62. The number of hydrogen-bond acceptors (Lipinski definition) is 3. The SMILES string of the molecule is CC(C)n1nc(N)cc1C1CCOCC1. The first-order chi connectivity index (χ1) is 7.18. The molecular formula is C11H19N3O. The van der Waals surface area contributed by atoms with Crippen molar-refractivity contribution >= 4 is 5.82 Å². The highest BCUT2D eigenvalue weighted by Gasteiger charge is 2.21. The molecule has 15 heavy (non-hydrogen) atoms. The van der Waals surface area contributed by atoms with E-state index in [2.05, 4.69) is 18.9 Å². The van der Waals surface area contributed by atoms with E-state index in [0.29, 0.717) is 17.8 Å². The quantitative estimate of drug-likeness (QED) is 0.809. The van der Waals surface area contributed by atoms with Crippen LogP contribution in [-0.2, 0) is 4.74 Å². The molecule has 0 spiro atoms. The second-order valence-electron chi connectivity index (χ2n) is 4.42. The molecule has 0 atom stereocenters. The van der Waals surface area contributed by atoms with Crippen LogP contribution in [0.2, 0.25) is 0 Å². The van der Waals surface area contributed by atoms with E-state index in [1.807, 2.05) is 10.7 Å². The number of nitrogen functional groups attached to an aromatic ring is 1. The van der Waals surface area contributed by atoms with Crippen molar-refractivity contribution in [1.29, 1.82) is 0 Å². The van der Waals surface area contributed by atoms with Crippen LogP contribution in [0.1, 0.15) is 44.3 Å². The van der Waals surface area contributed by atoms with Crippen molar-refractivity contribution < 1.29 is 4.74 Å². The molecule has 0 unspecified atom stereocenters. The summed E-state index contributed by atoms with van der Waals surface area (Å²) >= 11 is 0. The maximum Gasteiger partial charge on any atom is 0.145 e. The Balaban J connectivity index is 2.25. The minimum Gasteiger partial charge on any atom is -0.382 e. The van der Waals surface area contributed by atoms with Crippen molar-refractivity contribution in [2.45, 2.75) is 38.6 Å². The van der Waals surface area contributed by atoms with Crippen LogP contribution in [0.25, 0.3) is 0 Å². The van der Waals surface area contributed by atoms with Crippen LogP contribution in [-0.4, -0.2) is 23.0 Å². The van der Waals surface area contributed by atoms with Gasteiger partial charge in [0, 0.05) is 36.9 Å². The smallest absolute Gasteiger partial charge is 0.145 e. The molecule has 2 rings (SSSR count). The first kappa shape index (κ1) is 10.5. The van der Waals surface area contributed by atoms with Gasteiger partial charge in [-0.15, -0.1) is 0 Å². The van der Waals surface area contributed by atoms with E-state index in [0.717, 1.165) is 26.1 Å². The number of rotatable bonds is 2. The highest BCUT2D eigenvalue weighted by molar-refractivity contribution is 5.31. The Bertz CT molecular complexity index is 327. The van der Waals surface area contributed by atoms with E-state index >= 15 is 0 Å². The summed E-state index contributed by atoms with van der Waals surface area (Å²) in [5.41, 5.74) is 7.03. The van der Waals surface area contributed by atoms with Crippen LogP contribution in [0, 0.1) is 0 Å². The highest BCUT2D eigenvalue weighted by atomic mass is 16.5. The van der Waals surface area contributed by atoms with Gasteiger partial charge in [0.15, 0.2) is 0 Å². The van der Waals surface area contributed by atoms with E-state index in [4.69, 9.17) is 10.5 Å². The molecule has 4 heteroatoms. The summed E-state index contributed by atoms with van der Waals surface area (Å²) < 4.78 is 7.41. The summed E-state index contributed by atoms with van der Waals surface area (Å²) in [4.78, 5) is 0. The minimum atomic E-state index is 0.375. The fourth-order valence-electron chi connectivity index (χ4n) is 2.14. The fraction of sp³-hybridized carbons (Fsp3) is 0.727. The van der Waals surface area contributed by atoms with Gasteiger partial charge in [-0.05, 0) is 26.7 Å². The molecule has 4 nitrogen and oxygen atoms in total. The van der Waals surface area contributed by atoms with Gasteiger partial charge in [0.1, 0.15) is 5.82 Å². The molecule has 0 aliphatic carbocycles. The van der Waals surface area contributed by atoms with E-state index < -0.39 is 0 Å². The molecule has 1 aliphatic heterocycles. The molecular weight excluding hydrogens is 190 g/mol. The number of nitrogens with zero attached hydrogens (tertiary/aromatic N) is 2. The second-order valence-corrected chi connectivity index (χ2v) is 4.42. The molecule has 0 saturated carbocycles. The van der Waals surface area contributed by atoms with Crippen LogP contribution >= 0.6 is 0 Å². The molecule has 2 N–H and O–H groups in total. The summed E-state index contributed by atoms with van der Waals surface area (Å²) in [5.74, 6) is 1.19. The Morgan fingerprint density at radius 3 is 2.73 bits per heavy atom. The number of hydrogen-bond donors (Lipinski definition) is 1. The zero-order valence-corrected chi connectivity index (χ0v) is 9.44. The van der Waals surface area contributed by atoms with Crippen LogP contribution in [0.3, 0.4) is 0 Å². The Morgan fingerprint density at radius 1 is 1.47 bits per heavy atom. The van der Waals surface area contributed by atoms with E-state index in [1.165, 1.54) is 5.69 Å². The maximum atomic E-state index is 5.76. The van der Waals surface area contributed by atoms with Gasteiger partial charge in [-0.2, -0.15) is 5.10 Å². The number of aromatic nitrogens is 2. The van der Waals surface area contributed by atoms with Crippen molar-refractivity contribution in [2.75, 3.05) is 18.9 Å². The zero-order chi connectivity index (χ0) is 10.8. The monoisotopic (exact) mass is 209 g/mol. The van der Waals surface area contributed by atoms with Crippen LogP contribution in [0.4, 0.5) is 5.82 Å². The molecule has 0 amide bonds.